The van der Waals surface area contributed by atoms with Crippen molar-refractivity contribution in [1.29, 1.82) is 0 Å². The Morgan fingerprint density at radius 2 is 1.97 bits per heavy atom. The van der Waals surface area contributed by atoms with Gasteiger partial charge >= 0.3 is 0 Å². The number of nitrogens with one attached hydrogen (secondary N) is 2. The fraction of sp³-hybridized carbons (Fsp3) is 0.190. The van der Waals surface area contributed by atoms with Crippen molar-refractivity contribution in [3.8, 4) is 0 Å². The molecule has 3 rings (SSSR count). The fourth-order valence-corrected chi connectivity index (χ4v) is 3.27. The Kier molecular flexibility index (Phi) is 7.73. The maximum Gasteiger partial charge on any atom is 0.250 e. The molecule has 0 aliphatic rings. The van der Waals surface area contributed by atoms with Gasteiger partial charge in [0.2, 0.25) is 0 Å². The van der Waals surface area contributed by atoms with E-state index in [1.807, 2.05) is 28.8 Å². The Bertz CT molecular complexity index is 1000. The highest BCUT2D eigenvalue weighted by molar-refractivity contribution is 7.99. The van der Waals surface area contributed by atoms with E-state index in [4.69, 9.17) is 0 Å². The standard InChI is InChI=1S/C21H23N7OS/c1-3-12-28-19(14-23-18-6-4-16(2)5-7-18)25-27-21(28)30-15-20(29)26-24-13-17-8-10-22-11-9-17/h3-11,13,23H,1,12,14-15H2,2H3,(H,26,29). The lowest BCUT2D eigenvalue weighted by molar-refractivity contribution is -0.118. The number of aromatic nitrogens is 4. The predicted molar refractivity (Wildman–Crippen MR) is 119 cm³/mol. The molecule has 1 amide bonds. The van der Waals surface area contributed by atoms with Gasteiger partial charge in [0, 0.05) is 24.6 Å². The van der Waals surface area contributed by atoms with Crippen LogP contribution in [0.3, 0.4) is 0 Å². The minimum atomic E-state index is -0.224. The number of allylic oxidation sites excluding steroid dienone is 1. The van der Waals surface area contributed by atoms with Crippen LogP contribution in [0.25, 0.3) is 0 Å². The molecule has 154 valence electrons. The smallest absolute Gasteiger partial charge is 0.250 e. The molecule has 0 saturated heterocycles. The molecule has 0 atom stereocenters. The number of carbonyl (C=O) groups excluding carboxylic acids is 1. The van der Waals surface area contributed by atoms with Crippen LogP contribution in [0, 0.1) is 6.92 Å². The number of hydrogen-bond acceptors (Lipinski definition) is 7. The molecule has 30 heavy (non-hydrogen) atoms. The van der Waals surface area contributed by atoms with Gasteiger partial charge in [-0.25, -0.2) is 5.43 Å². The maximum absolute atomic E-state index is 12.1. The number of pyridine rings is 1. The summed E-state index contributed by atoms with van der Waals surface area (Å²) in [5, 5.41) is 16.4. The summed E-state index contributed by atoms with van der Waals surface area (Å²) in [6, 6.07) is 11.7. The van der Waals surface area contributed by atoms with Crippen LogP contribution in [0.4, 0.5) is 5.69 Å². The molecule has 0 radical (unpaired) electrons. The van der Waals surface area contributed by atoms with Crippen LogP contribution in [-0.2, 0) is 17.9 Å². The third-order valence-corrected chi connectivity index (χ3v) is 5.02. The largest absolute Gasteiger partial charge is 0.378 e. The molecule has 2 heterocycles. The lowest BCUT2D eigenvalue weighted by Gasteiger charge is -2.09. The van der Waals surface area contributed by atoms with E-state index in [1.165, 1.54) is 17.3 Å². The van der Waals surface area contributed by atoms with Gasteiger partial charge in [0.15, 0.2) is 11.0 Å². The molecule has 3 aromatic rings. The number of aryl methyl sites for hydroxylation is 1. The summed E-state index contributed by atoms with van der Waals surface area (Å²) in [7, 11) is 0. The normalized spacial score (nSPS) is 10.8. The number of anilines is 1. The number of thioether (sulfide) groups is 1. The Hall–Kier alpha value is -3.46. The van der Waals surface area contributed by atoms with E-state index in [1.54, 1.807) is 36.8 Å². The van der Waals surface area contributed by atoms with Crippen LogP contribution in [0.5, 0.6) is 0 Å². The Morgan fingerprint density at radius 3 is 2.70 bits per heavy atom. The monoisotopic (exact) mass is 421 g/mol. The number of hydrazone groups is 1. The summed E-state index contributed by atoms with van der Waals surface area (Å²) < 4.78 is 1.94. The number of amides is 1. The van der Waals surface area contributed by atoms with Crippen molar-refractivity contribution in [2.45, 2.75) is 25.2 Å². The molecule has 2 aromatic heterocycles. The van der Waals surface area contributed by atoms with Crippen molar-refractivity contribution in [2.75, 3.05) is 11.1 Å². The average molecular weight is 422 g/mol. The highest BCUT2D eigenvalue weighted by atomic mass is 32.2. The van der Waals surface area contributed by atoms with E-state index in [9.17, 15) is 4.79 Å². The minimum Gasteiger partial charge on any atom is -0.378 e. The average Bonchev–Trinajstić information content (AvgIpc) is 3.14. The summed E-state index contributed by atoms with van der Waals surface area (Å²) in [6.45, 7) is 6.93. The molecule has 9 heteroatoms. The number of hydrogen-bond donors (Lipinski definition) is 2. The number of benzene rings is 1. The summed E-state index contributed by atoms with van der Waals surface area (Å²) in [5.41, 5.74) is 5.58. The minimum absolute atomic E-state index is 0.175. The van der Waals surface area contributed by atoms with Gasteiger partial charge in [-0.15, -0.1) is 16.8 Å². The van der Waals surface area contributed by atoms with Gasteiger partial charge in [0.05, 0.1) is 18.5 Å². The van der Waals surface area contributed by atoms with Crippen LogP contribution < -0.4 is 10.7 Å². The van der Waals surface area contributed by atoms with Gasteiger partial charge in [-0.3, -0.25) is 9.78 Å². The molecular weight excluding hydrogens is 398 g/mol. The van der Waals surface area contributed by atoms with Crippen molar-refractivity contribution in [1.82, 2.24) is 25.2 Å². The first-order valence-electron chi connectivity index (χ1n) is 9.34. The van der Waals surface area contributed by atoms with E-state index in [0.717, 1.165) is 17.1 Å². The van der Waals surface area contributed by atoms with Crippen LogP contribution in [0.2, 0.25) is 0 Å². The fourth-order valence-electron chi connectivity index (χ4n) is 2.51. The molecule has 1 aromatic carbocycles. The van der Waals surface area contributed by atoms with E-state index in [0.29, 0.717) is 18.2 Å². The molecule has 0 fully saturated rings. The molecule has 8 nitrogen and oxygen atoms in total. The van der Waals surface area contributed by atoms with Crippen molar-refractivity contribution in [3.63, 3.8) is 0 Å². The molecule has 0 saturated carbocycles. The van der Waals surface area contributed by atoms with Gasteiger partial charge < -0.3 is 9.88 Å². The number of nitrogens with zero attached hydrogens (tertiary/aromatic N) is 5. The third-order valence-electron chi connectivity index (χ3n) is 4.05. The predicted octanol–water partition coefficient (Wildman–Crippen LogP) is 3.02. The zero-order valence-electron chi connectivity index (χ0n) is 16.7. The second-order valence-corrected chi connectivity index (χ2v) is 7.32. The summed E-state index contributed by atoms with van der Waals surface area (Å²) in [5.74, 6) is 0.723. The quantitative estimate of drug-likeness (QED) is 0.226. The van der Waals surface area contributed by atoms with Crippen LogP contribution >= 0.6 is 11.8 Å². The second-order valence-electron chi connectivity index (χ2n) is 6.38. The van der Waals surface area contributed by atoms with Gasteiger partial charge in [-0.2, -0.15) is 5.10 Å². The van der Waals surface area contributed by atoms with Crippen molar-refractivity contribution < 1.29 is 4.79 Å². The second kappa shape index (κ2) is 10.9. The maximum atomic E-state index is 12.1. The van der Waals surface area contributed by atoms with E-state index < -0.39 is 0 Å². The lowest BCUT2D eigenvalue weighted by Crippen LogP contribution is -2.20. The number of carbonyl (C=O) groups is 1. The Balaban J connectivity index is 1.54. The zero-order chi connectivity index (χ0) is 21.2. The highest BCUT2D eigenvalue weighted by Crippen LogP contribution is 2.18. The first-order chi connectivity index (χ1) is 14.7. The molecule has 0 aliphatic heterocycles. The lowest BCUT2D eigenvalue weighted by atomic mass is 10.2. The van der Waals surface area contributed by atoms with Crippen molar-refractivity contribution >= 4 is 29.6 Å². The van der Waals surface area contributed by atoms with E-state index in [2.05, 4.69) is 44.5 Å². The summed E-state index contributed by atoms with van der Waals surface area (Å²) >= 11 is 1.30. The molecule has 2 N–H and O–H groups in total. The van der Waals surface area contributed by atoms with Gasteiger partial charge in [0.1, 0.15) is 0 Å². The van der Waals surface area contributed by atoms with Gasteiger partial charge in [-0.05, 0) is 36.8 Å². The van der Waals surface area contributed by atoms with E-state index in [-0.39, 0.29) is 11.7 Å². The highest BCUT2D eigenvalue weighted by Gasteiger charge is 2.13. The summed E-state index contributed by atoms with van der Waals surface area (Å²) in [6.07, 6.45) is 6.68. The van der Waals surface area contributed by atoms with Crippen LogP contribution in [0.15, 0.2) is 71.7 Å². The van der Waals surface area contributed by atoms with E-state index >= 15 is 0 Å². The van der Waals surface area contributed by atoms with Crippen molar-refractivity contribution in [2.24, 2.45) is 5.10 Å². The number of rotatable bonds is 10. The van der Waals surface area contributed by atoms with Crippen molar-refractivity contribution in [3.05, 3.63) is 78.4 Å². The van der Waals surface area contributed by atoms with Gasteiger partial charge in [-0.1, -0.05) is 35.5 Å². The zero-order valence-corrected chi connectivity index (χ0v) is 17.5. The molecule has 0 bridgehead atoms. The topological polar surface area (TPSA) is 97.1 Å². The molecule has 0 spiro atoms. The van der Waals surface area contributed by atoms with Crippen LogP contribution in [-0.4, -0.2) is 37.6 Å². The Morgan fingerprint density at radius 1 is 1.20 bits per heavy atom. The first kappa shape index (κ1) is 21.3. The van der Waals surface area contributed by atoms with Gasteiger partial charge in [0.25, 0.3) is 5.91 Å². The first-order valence-corrected chi connectivity index (χ1v) is 10.3. The third kappa shape index (κ3) is 6.28. The molecule has 0 aliphatic carbocycles. The molecular formula is C21H23N7OS. The molecule has 0 unspecified atom stereocenters. The van der Waals surface area contributed by atoms with Crippen LogP contribution in [0.1, 0.15) is 17.0 Å². The SMILES string of the molecule is C=CCn1c(CNc2ccc(C)cc2)nnc1SCC(=O)NN=Cc1ccncc1. The summed E-state index contributed by atoms with van der Waals surface area (Å²) in [4.78, 5) is 16.0. The Labute approximate surface area is 179 Å².